The average molecular weight is 425 g/mol. The summed E-state index contributed by atoms with van der Waals surface area (Å²) < 4.78 is 13.3. The molecule has 0 aliphatic carbocycles. The van der Waals surface area contributed by atoms with Crippen molar-refractivity contribution in [1.82, 2.24) is 14.7 Å². The van der Waals surface area contributed by atoms with Crippen LogP contribution in [0.5, 0.6) is 0 Å². The lowest BCUT2D eigenvalue weighted by Crippen LogP contribution is -2.45. The van der Waals surface area contributed by atoms with E-state index in [2.05, 4.69) is 10.2 Å². The number of carbonyl (C=O) groups excluding carboxylic acids is 2. The van der Waals surface area contributed by atoms with Crippen molar-refractivity contribution in [3.63, 3.8) is 0 Å². The predicted molar refractivity (Wildman–Crippen MR) is 118 cm³/mol. The number of anilines is 1. The fourth-order valence-corrected chi connectivity index (χ4v) is 4.71. The number of rotatable bonds is 4. The molecule has 0 aromatic heterocycles. The minimum absolute atomic E-state index is 0.142. The number of nitrogens with zero attached hydrogens (tertiary/aromatic N) is 3. The lowest BCUT2D eigenvalue weighted by molar-refractivity contribution is -0.127. The summed E-state index contributed by atoms with van der Waals surface area (Å²) in [5.74, 6) is -0.102. The first-order valence-corrected chi connectivity index (χ1v) is 10.8. The summed E-state index contributed by atoms with van der Waals surface area (Å²) in [6.07, 6.45) is 0.440. The van der Waals surface area contributed by atoms with Crippen LogP contribution in [0.2, 0.25) is 0 Å². The van der Waals surface area contributed by atoms with Crippen molar-refractivity contribution in [2.75, 3.05) is 44.6 Å². The van der Waals surface area contributed by atoms with Gasteiger partial charge in [0.1, 0.15) is 5.82 Å². The molecule has 7 heteroatoms. The van der Waals surface area contributed by atoms with E-state index in [9.17, 15) is 14.0 Å². The van der Waals surface area contributed by atoms with E-state index < -0.39 is 0 Å². The van der Waals surface area contributed by atoms with Crippen molar-refractivity contribution in [3.8, 4) is 0 Å². The van der Waals surface area contributed by atoms with Crippen LogP contribution < -0.4 is 5.32 Å². The first kappa shape index (κ1) is 21.3. The van der Waals surface area contributed by atoms with Crippen LogP contribution in [0.4, 0.5) is 14.9 Å². The second-order valence-corrected chi connectivity index (χ2v) is 8.64. The minimum Gasteiger partial charge on any atom is -0.342 e. The van der Waals surface area contributed by atoms with Gasteiger partial charge in [-0.25, -0.2) is 9.18 Å². The van der Waals surface area contributed by atoms with Gasteiger partial charge in [0.25, 0.3) is 0 Å². The molecule has 2 aliphatic heterocycles. The van der Waals surface area contributed by atoms with Crippen molar-refractivity contribution in [2.45, 2.75) is 19.9 Å². The monoisotopic (exact) mass is 424 g/mol. The van der Waals surface area contributed by atoms with Crippen LogP contribution in [0, 0.1) is 11.2 Å². The first-order valence-electron chi connectivity index (χ1n) is 10.8. The molecule has 2 aromatic carbocycles. The standard InChI is InChI=1S/C24H29FN4O2/c1-2-28-17-24(14-22(28)30)16-27(15-19-8-10-20(25)11-9-19)12-13-29(18-24)23(31)26-21-6-4-3-5-7-21/h3-11H,2,12-18H2,1H3,(H,26,31). The number of hydrogen-bond donors (Lipinski definition) is 1. The SMILES string of the molecule is CCN1CC2(CC1=O)CN(Cc1ccc(F)cc1)CCN(C(=O)Nc1ccccc1)C2. The zero-order valence-corrected chi connectivity index (χ0v) is 17.9. The summed E-state index contributed by atoms with van der Waals surface area (Å²) in [6, 6.07) is 15.8. The number of benzene rings is 2. The Morgan fingerprint density at radius 1 is 1.03 bits per heavy atom. The Balaban J connectivity index is 1.53. The number of para-hydroxylation sites is 1. The van der Waals surface area contributed by atoms with Crippen molar-refractivity contribution in [2.24, 2.45) is 5.41 Å². The normalized spacial score (nSPS) is 22.1. The second kappa shape index (κ2) is 9.06. The molecule has 31 heavy (non-hydrogen) atoms. The molecule has 2 aromatic rings. The number of carbonyl (C=O) groups is 2. The Morgan fingerprint density at radius 2 is 1.77 bits per heavy atom. The van der Waals surface area contributed by atoms with Gasteiger partial charge >= 0.3 is 6.03 Å². The molecule has 0 saturated carbocycles. The van der Waals surface area contributed by atoms with Gasteiger partial charge in [0, 0.05) is 63.3 Å². The molecule has 1 atom stereocenters. The van der Waals surface area contributed by atoms with E-state index in [1.54, 1.807) is 12.1 Å². The number of halogens is 1. The third kappa shape index (κ3) is 5.05. The summed E-state index contributed by atoms with van der Waals surface area (Å²) in [4.78, 5) is 31.7. The Kier molecular flexibility index (Phi) is 6.23. The highest BCUT2D eigenvalue weighted by Crippen LogP contribution is 2.35. The third-order valence-electron chi connectivity index (χ3n) is 6.19. The molecular formula is C24H29FN4O2. The Labute approximate surface area is 182 Å². The van der Waals surface area contributed by atoms with Gasteiger partial charge < -0.3 is 15.1 Å². The van der Waals surface area contributed by atoms with E-state index >= 15 is 0 Å². The highest BCUT2D eigenvalue weighted by atomic mass is 19.1. The molecule has 2 saturated heterocycles. The smallest absolute Gasteiger partial charge is 0.321 e. The molecule has 4 rings (SSSR count). The van der Waals surface area contributed by atoms with E-state index in [0.717, 1.165) is 17.8 Å². The van der Waals surface area contributed by atoms with E-state index in [0.29, 0.717) is 45.7 Å². The highest BCUT2D eigenvalue weighted by Gasteiger charge is 2.46. The quantitative estimate of drug-likeness (QED) is 0.818. The fourth-order valence-electron chi connectivity index (χ4n) is 4.71. The average Bonchev–Trinajstić information content (AvgIpc) is 2.96. The zero-order valence-electron chi connectivity index (χ0n) is 17.9. The number of hydrogen-bond acceptors (Lipinski definition) is 3. The maximum atomic E-state index is 13.3. The van der Waals surface area contributed by atoms with Gasteiger partial charge in [0.15, 0.2) is 0 Å². The minimum atomic E-state index is -0.308. The molecule has 0 radical (unpaired) electrons. The van der Waals surface area contributed by atoms with Gasteiger partial charge in [-0.1, -0.05) is 30.3 Å². The van der Waals surface area contributed by atoms with Crippen LogP contribution in [0.15, 0.2) is 54.6 Å². The van der Waals surface area contributed by atoms with Crippen LogP contribution in [-0.4, -0.2) is 65.9 Å². The summed E-state index contributed by atoms with van der Waals surface area (Å²) in [6.45, 7) is 6.51. The van der Waals surface area contributed by atoms with Crippen molar-refractivity contribution in [3.05, 3.63) is 66.0 Å². The van der Waals surface area contributed by atoms with Crippen LogP contribution in [0.25, 0.3) is 0 Å². The van der Waals surface area contributed by atoms with Gasteiger partial charge in [-0.2, -0.15) is 0 Å². The van der Waals surface area contributed by atoms with Gasteiger partial charge in [0.2, 0.25) is 5.91 Å². The molecule has 2 heterocycles. The van der Waals surface area contributed by atoms with Crippen LogP contribution in [-0.2, 0) is 11.3 Å². The number of likely N-dealkylation sites (tertiary alicyclic amines) is 1. The second-order valence-electron chi connectivity index (χ2n) is 8.64. The number of urea groups is 1. The molecule has 6 nitrogen and oxygen atoms in total. The molecule has 0 bridgehead atoms. The molecule has 1 spiro atoms. The maximum Gasteiger partial charge on any atom is 0.321 e. The van der Waals surface area contributed by atoms with Crippen LogP contribution >= 0.6 is 0 Å². The van der Waals surface area contributed by atoms with E-state index in [4.69, 9.17) is 0 Å². The van der Waals surface area contributed by atoms with Gasteiger partial charge in [-0.05, 0) is 36.8 Å². The zero-order chi connectivity index (χ0) is 21.8. The first-order chi connectivity index (χ1) is 15.0. The number of amides is 3. The Bertz CT molecular complexity index is 921. The molecule has 1 N–H and O–H groups in total. The number of nitrogens with one attached hydrogen (secondary N) is 1. The molecule has 1 unspecified atom stereocenters. The maximum absolute atomic E-state index is 13.3. The summed E-state index contributed by atoms with van der Waals surface area (Å²) in [5, 5.41) is 2.98. The van der Waals surface area contributed by atoms with Crippen molar-refractivity contribution in [1.29, 1.82) is 0 Å². The van der Waals surface area contributed by atoms with Gasteiger partial charge in [0.05, 0.1) is 0 Å². The van der Waals surface area contributed by atoms with Crippen LogP contribution in [0.3, 0.4) is 0 Å². The van der Waals surface area contributed by atoms with Crippen molar-refractivity contribution >= 4 is 17.6 Å². The molecule has 2 aliphatic rings. The largest absolute Gasteiger partial charge is 0.342 e. The molecule has 164 valence electrons. The van der Waals surface area contributed by atoms with Gasteiger partial charge in [-0.3, -0.25) is 9.69 Å². The molecular weight excluding hydrogens is 395 g/mol. The molecule has 3 amide bonds. The molecule has 2 fully saturated rings. The lowest BCUT2D eigenvalue weighted by atomic mass is 9.86. The summed E-state index contributed by atoms with van der Waals surface area (Å²) >= 11 is 0. The van der Waals surface area contributed by atoms with Crippen molar-refractivity contribution < 1.29 is 14.0 Å². The lowest BCUT2D eigenvalue weighted by Gasteiger charge is -2.33. The fraction of sp³-hybridized carbons (Fsp3) is 0.417. The summed E-state index contributed by atoms with van der Waals surface area (Å²) in [5.41, 5.74) is 1.47. The Hall–Kier alpha value is -2.93. The predicted octanol–water partition coefficient (Wildman–Crippen LogP) is 3.41. The summed E-state index contributed by atoms with van der Waals surface area (Å²) in [7, 11) is 0. The van der Waals surface area contributed by atoms with Gasteiger partial charge in [-0.15, -0.1) is 0 Å². The van der Waals surface area contributed by atoms with E-state index in [-0.39, 0.29) is 23.2 Å². The van der Waals surface area contributed by atoms with E-state index in [1.165, 1.54) is 12.1 Å². The van der Waals surface area contributed by atoms with E-state index in [1.807, 2.05) is 47.1 Å². The van der Waals surface area contributed by atoms with Crippen LogP contribution in [0.1, 0.15) is 18.9 Å². The Morgan fingerprint density at radius 3 is 2.45 bits per heavy atom. The third-order valence-corrected chi connectivity index (χ3v) is 6.19. The topological polar surface area (TPSA) is 55.9 Å². The highest BCUT2D eigenvalue weighted by molar-refractivity contribution is 5.89.